The second-order valence-corrected chi connectivity index (χ2v) is 2.06. The minimum atomic E-state index is -0.372. The molecule has 2 radical (unpaired) electrons. The lowest BCUT2D eigenvalue weighted by atomic mass is 10.1. The van der Waals surface area contributed by atoms with Gasteiger partial charge in [-0.1, -0.05) is 12.1 Å². The van der Waals surface area contributed by atoms with Crippen molar-refractivity contribution in [2.75, 3.05) is 5.73 Å². The van der Waals surface area contributed by atoms with Crippen LogP contribution >= 0.6 is 0 Å². The average Bonchev–Trinajstić information content (AvgIpc) is 2.04. The molecule has 1 amide bonds. The normalized spacial score (nSPS) is 9.09. The third-order valence-electron chi connectivity index (χ3n) is 1.34. The van der Waals surface area contributed by atoms with Crippen LogP contribution in [-0.2, 0) is 0 Å². The maximum atomic E-state index is 10.9. The minimum Gasteiger partial charge on any atom is -0.405 e. The Morgan fingerprint density at radius 2 is 2.09 bits per heavy atom. The highest BCUT2D eigenvalue weighted by atomic mass is 16.1. The topological polar surface area (TPSA) is 55.1 Å². The Balaban J connectivity index is 3.03. The Morgan fingerprint density at radius 1 is 1.45 bits per heavy atom. The zero-order valence-corrected chi connectivity index (χ0v) is 5.87. The summed E-state index contributed by atoms with van der Waals surface area (Å²) in [5.74, 6) is -0.372. The molecule has 1 rings (SSSR count). The fourth-order valence-electron chi connectivity index (χ4n) is 0.782. The van der Waals surface area contributed by atoms with Gasteiger partial charge in [0.05, 0.1) is 5.56 Å². The van der Waals surface area contributed by atoms with E-state index in [1.165, 1.54) is 0 Å². The number of nitrogens with two attached hydrogens (primary N) is 1. The van der Waals surface area contributed by atoms with Crippen molar-refractivity contribution in [3.05, 3.63) is 29.8 Å². The number of rotatable bonds is 1. The second kappa shape index (κ2) is 3.10. The maximum Gasteiger partial charge on any atom is 0.240 e. The van der Waals surface area contributed by atoms with Gasteiger partial charge >= 0.3 is 0 Å². The van der Waals surface area contributed by atoms with Crippen LogP contribution < -0.4 is 11.0 Å². The lowest BCUT2D eigenvalue weighted by Gasteiger charge is -2.01. The van der Waals surface area contributed by atoms with E-state index in [2.05, 4.69) is 0 Å². The van der Waals surface area contributed by atoms with E-state index >= 15 is 0 Å². The van der Waals surface area contributed by atoms with Crippen LogP contribution in [0.3, 0.4) is 0 Å². The van der Waals surface area contributed by atoms with Gasteiger partial charge in [0.1, 0.15) is 0 Å². The van der Waals surface area contributed by atoms with Gasteiger partial charge in [0.2, 0.25) is 13.9 Å². The molecule has 0 aliphatic carbocycles. The fourth-order valence-corrected chi connectivity index (χ4v) is 0.782. The quantitative estimate of drug-likeness (QED) is 0.435. The van der Waals surface area contributed by atoms with Gasteiger partial charge in [-0.15, -0.1) is 0 Å². The number of carbonyl (C=O) groups is 1. The first-order valence-electron chi connectivity index (χ1n) is 3.11. The van der Waals surface area contributed by atoms with Gasteiger partial charge in [-0.05, 0) is 12.1 Å². The molecule has 3 nitrogen and oxygen atoms in total. The molecule has 0 bridgehead atoms. The molecule has 54 valence electrons. The molecule has 0 heterocycles. The lowest BCUT2D eigenvalue weighted by Crippen LogP contribution is -2.20. The smallest absolute Gasteiger partial charge is 0.240 e. The molecule has 0 aromatic heterocycles. The summed E-state index contributed by atoms with van der Waals surface area (Å²) < 4.78 is 0. The molecule has 0 aliphatic rings. The van der Waals surface area contributed by atoms with Gasteiger partial charge in [0.15, 0.2) is 0 Å². The Morgan fingerprint density at radius 3 is 2.64 bits per heavy atom. The number of amides is 1. The van der Waals surface area contributed by atoms with Crippen LogP contribution in [0.25, 0.3) is 0 Å². The highest BCUT2D eigenvalue weighted by Gasteiger charge is 2.04. The summed E-state index contributed by atoms with van der Waals surface area (Å²) in [7, 11) is 4.92. The van der Waals surface area contributed by atoms with Crippen LogP contribution in [0.1, 0.15) is 10.4 Å². The molecule has 0 fully saturated rings. The average molecular weight is 146 g/mol. The van der Waals surface area contributed by atoms with E-state index in [-0.39, 0.29) is 5.91 Å². The van der Waals surface area contributed by atoms with Gasteiger partial charge in [0.25, 0.3) is 0 Å². The molecular formula is C7H7BN2O. The van der Waals surface area contributed by atoms with Crippen molar-refractivity contribution in [3.8, 4) is 0 Å². The molecule has 4 heteroatoms. The summed E-state index contributed by atoms with van der Waals surface area (Å²) in [6, 6.07) is 6.73. The van der Waals surface area contributed by atoms with Gasteiger partial charge < -0.3 is 11.0 Å². The molecule has 1 aromatic carbocycles. The van der Waals surface area contributed by atoms with Gasteiger partial charge in [-0.2, -0.15) is 0 Å². The van der Waals surface area contributed by atoms with Crippen molar-refractivity contribution >= 4 is 19.6 Å². The number of anilines is 1. The minimum absolute atomic E-state index is 0.372. The van der Waals surface area contributed by atoms with Crippen molar-refractivity contribution < 1.29 is 4.79 Å². The number of para-hydroxylation sites is 1. The molecule has 0 unspecified atom stereocenters. The first-order valence-corrected chi connectivity index (χ1v) is 3.11. The highest BCUT2D eigenvalue weighted by Crippen LogP contribution is 2.08. The van der Waals surface area contributed by atoms with E-state index in [1.807, 2.05) is 5.23 Å². The summed E-state index contributed by atoms with van der Waals surface area (Å²) in [6.07, 6.45) is 0. The first kappa shape index (κ1) is 7.66. The van der Waals surface area contributed by atoms with Crippen molar-refractivity contribution in [1.29, 1.82) is 0 Å². The highest BCUT2D eigenvalue weighted by molar-refractivity contribution is 6.19. The van der Waals surface area contributed by atoms with E-state index in [9.17, 15) is 4.79 Å². The standard InChI is InChI=1S/C7H7BN2O/c8-10-7(11)5-3-1-2-4-6(5)9/h1-4H,9H2,(H,10,11). The number of nitrogen functional groups attached to an aromatic ring is 1. The fraction of sp³-hybridized carbons (Fsp3) is 0. The van der Waals surface area contributed by atoms with Crippen LogP contribution in [0.4, 0.5) is 5.69 Å². The number of nitrogens with one attached hydrogen (secondary N) is 1. The van der Waals surface area contributed by atoms with Crippen molar-refractivity contribution in [2.45, 2.75) is 0 Å². The molecule has 1 aromatic rings. The first-order chi connectivity index (χ1) is 5.25. The number of carbonyl (C=O) groups excluding carboxylic acids is 1. The van der Waals surface area contributed by atoms with E-state index in [0.717, 1.165) is 0 Å². The van der Waals surface area contributed by atoms with Crippen molar-refractivity contribution in [3.63, 3.8) is 0 Å². The van der Waals surface area contributed by atoms with E-state index in [0.29, 0.717) is 11.3 Å². The van der Waals surface area contributed by atoms with Crippen LogP contribution in [0.5, 0.6) is 0 Å². The van der Waals surface area contributed by atoms with Crippen molar-refractivity contribution in [2.24, 2.45) is 0 Å². The Labute approximate surface area is 66.0 Å². The molecule has 0 saturated carbocycles. The van der Waals surface area contributed by atoms with E-state index in [4.69, 9.17) is 13.7 Å². The second-order valence-electron chi connectivity index (χ2n) is 2.06. The Hall–Kier alpha value is -1.45. The zero-order chi connectivity index (χ0) is 8.27. The predicted molar refractivity (Wildman–Crippen MR) is 44.1 cm³/mol. The number of benzene rings is 1. The van der Waals surface area contributed by atoms with E-state index < -0.39 is 0 Å². The summed E-state index contributed by atoms with van der Waals surface area (Å²) in [5, 5.41) is 2.00. The van der Waals surface area contributed by atoms with Gasteiger partial charge in [-0.3, -0.25) is 4.79 Å². The largest absolute Gasteiger partial charge is 0.405 e. The molecule has 11 heavy (non-hydrogen) atoms. The number of hydrogen-bond acceptors (Lipinski definition) is 2. The zero-order valence-electron chi connectivity index (χ0n) is 5.87. The third-order valence-corrected chi connectivity index (χ3v) is 1.34. The molecule has 3 N–H and O–H groups in total. The summed E-state index contributed by atoms with van der Waals surface area (Å²) >= 11 is 0. The SMILES string of the molecule is [B]NC(=O)c1ccccc1N. The van der Waals surface area contributed by atoms with Crippen LogP contribution in [-0.4, -0.2) is 13.9 Å². The van der Waals surface area contributed by atoms with Crippen molar-refractivity contribution in [1.82, 2.24) is 5.23 Å². The predicted octanol–water partition coefficient (Wildman–Crippen LogP) is 0.0821. The molecule has 0 aliphatic heterocycles. The van der Waals surface area contributed by atoms with Crippen LogP contribution in [0.15, 0.2) is 24.3 Å². The lowest BCUT2D eigenvalue weighted by molar-refractivity contribution is 0.0982. The van der Waals surface area contributed by atoms with Crippen LogP contribution in [0.2, 0.25) is 0 Å². The monoisotopic (exact) mass is 146 g/mol. The van der Waals surface area contributed by atoms with Gasteiger partial charge in [-0.25, -0.2) is 0 Å². The Kier molecular flexibility index (Phi) is 2.16. The van der Waals surface area contributed by atoms with Crippen LogP contribution in [0, 0.1) is 0 Å². The molecule has 0 atom stereocenters. The summed E-state index contributed by atoms with van der Waals surface area (Å²) in [6.45, 7) is 0. The summed E-state index contributed by atoms with van der Waals surface area (Å²) in [4.78, 5) is 10.9. The summed E-state index contributed by atoms with van der Waals surface area (Å²) in [5.41, 5.74) is 6.31. The van der Waals surface area contributed by atoms with Gasteiger partial charge in [0, 0.05) is 5.69 Å². The maximum absolute atomic E-state index is 10.9. The molecular weight excluding hydrogens is 139 g/mol. The van der Waals surface area contributed by atoms with E-state index in [1.54, 1.807) is 24.3 Å². The molecule has 0 saturated heterocycles. The molecule has 0 spiro atoms. The Bertz CT molecular complexity index is 275. The third kappa shape index (κ3) is 1.52. The number of hydrogen-bond donors (Lipinski definition) is 2.